The van der Waals surface area contributed by atoms with Crippen molar-refractivity contribution in [2.75, 3.05) is 5.32 Å². The molecule has 2 aliphatic rings. The highest BCUT2D eigenvalue weighted by Gasteiger charge is 2.39. The van der Waals surface area contributed by atoms with Crippen LogP contribution in [0.2, 0.25) is 0 Å². The summed E-state index contributed by atoms with van der Waals surface area (Å²) in [4.78, 5) is 59.2. The molecule has 3 aromatic rings. The molecule has 1 saturated heterocycles. The van der Waals surface area contributed by atoms with E-state index in [0.29, 0.717) is 28.3 Å². The average Bonchev–Trinajstić information content (AvgIpc) is 3.39. The number of carbonyl (C=O) groups excluding carboxylic acids is 4. The first-order valence-corrected chi connectivity index (χ1v) is 10.7. The molecule has 172 valence electrons. The first kappa shape index (κ1) is 21.4. The topological polar surface area (TPSA) is 152 Å². The molecule has 2 aromatic heterocycles. The Morgan fingerprint density at radius 2 is 2.09 bits per heavy atom. The van der Waals surface area contributed by atoms with Crippen molar-refractivity contribution >= 4 is 29.3 Å². The Kier molecular flexibility index (Phi) is 5.32. The minimum absolute atomic E-state index is 0.104. The van der Waals surface area contributed by atoms with Gasteiger partial charge in [-0.15, -0.1) is 5.10 Å². The maximum Gasteiger partial charge on any atom is 0.255 e. The summed E-state index contributed by atoms with van der Waals surface area (Å²) < 4.78 is 1.38. The molecule has 1 aromatic carbocycles. The summed E-state index contributed by atoms with van der Waals surface area (Å²) in [6.07, 6.45) is 3.65. The van der Waals surface area contributed by atoms with Crippen molar-refractivity contribution in [3.63, 3.8) is 0 Å². The molecule has 0 saturated carbocycles. The molecule has 0 spiro atoms. The van der Waals surface area contributed by atoms with Gasteiger partial charge in [0.1, 0.15) is 18.3 Å². The number of aromatic nitrogens is 5. The molecule has 0 radical (unpaired) electrons. The number of piperidine rings is 1. The van der Waals surface area contributed by atoms with Gasteiger partial charge in [0.05, 0.1) is 6.20 Å². The van der Waals surface area contributed by atoms with Gasteiger partial charge in [0.25, 0.3) is 5.91 Å². The molecule has 1 unspecified atom stereocenters. The summed E-state index contributed by atoms with van der Waals surface area (Å²) in [7, 11) is 0. The first-order chi connectivity index (χ1) is 16.4. The van der Waals surface area contributed by atoms with E-state index in [1.807, 2.05) is 6.92 Å². The largest absolute Gasteiger partial charge is 0.324 e. The van der Waals surface area contributed by atoms with E-state index in [2.05, 4.69) is 30.9 Å². The van der Waals surface area contributed by atoms with Crippen LogP contribution in [0.3, 0.4) is 0 Å². The molecule has 4 heterocycles. The molecule has 1 atom stereocenters. The normalized spacial score (nSPS) is 17.5. The van der Waals surface area contributed by atoms with Crippen molar-refractivity contribution < 1.29 is 19.2 Å². The summed E-state index contributed by atoms with van der Waals surface area (Å²) >= 11 is 0. The second-order valence-electron chi connectivity index (χ2n) is 8.10. The van der Waals surface area contributed by atoms with Crippen LogP contribution in [-0.4, -0.2) is 59.5 Å². The Bertz CT molecular complexity index is 1330. The van der Waals surface area contributed by atoms with Crippen LogP contribution in [-0.2, 0) is 27.5 Å². The van der Waals surface area contributed by atoms with Crippen molar-refractivity contribution in [3.05, 3.63) is 53.5 Å². The quantitative estimate of drug-likeness (QED) is 0.521. The van der Waals surface area contributed by atoms with Crippen molar-refractivity contribution in [1.82, 2.24) is 35.2 Å². The molecule has 1 fully saturated rings. The summed E-state index contributed by atoms with van der Waals surface area (Å²) in [5.41, 5.74) is 2.76. The van der Waals surface area contributed by atoms with E-state index in [1.165, 1.54) is 9.58 Å². The first-order valence-electron chi connectivity index (χ1n) is 10.7. The lowest BCUT2D eigenvalue weighted by Crippen LogP contribution is -2.52. The Balaban J connectivity index is 1.29. The predicted octanol–water partition coefficient (Wildman–Crippen LogP) is 0.443. The van der Waals surface area contributed by atoms with Gasteiger partial charge in [0.15, 0.2) is 5.82 Å². The van der Waals surface area contributed by atoms with Gasteiger partial charge in [-0.3, -0.25) is 24.5 Å². The smallest absolute Gasteiger partial charge is 0.255 e. The third kappa shape index (κ3) is 4.00. The second-order valence-corrected chi connectivity index (χ2v) is 8.10. The molecule has 2 aliphatic heterocycles. The number of benzene rings is 1. The number of nitrogens with zero attached hydrogens (tertiary/aromatic N) is 6. The predicted molar refractivity (Wildman–Crippen MR) is 117 cm³/mol. The number of hydrogen-bond donors (Lipinski definition) is 2. The maximum absolute atomic E-state index is 12.9. The van der Waals surface area contributed by atoms with Gasteiger partial charge >= 0.3 is 0 Å². The van der Waals surface area contributed by atoms with E-state index in [0.717, 1.165) is 5.69 Å². The fourth-order valence-electron chi connectivity index (χ4n) is 4.09. The zero-order valence-electron chi connectivity index (χ0n) is 18.2. The van der Waals surface area contributed by atoms with Crippen LogP contribution in [0.1, 0.15) is 34.5 Å². The lowest BCUT2D eigenvalue weighted by molar-refractivity contribution is -0.137. The summed E-state index contributed by atoms with van der Waals surface area (Å²) in [5, 5.41) is 13.1. The van der Waals surface area contributed by atoms with E-state index in [1.54, 1.807) is 36.7 Å². The van der Waals surface area contributed by atoms with Gasteiger partial charge in [0.2, 0.25) is 17.7 Å². The van der Waals surface area contributed by atoms with Gasteiger partial charge < -0.3 is 10.2 Å². The van der Waals surface area contributed by atoms with Gasteiger partial charge in [-0.25, -0.2) is 14.6 Å². The zero-order valence-corrected chi connectivity index (χ0v) is 18.2. The maximum atomic E-state index is 12.9. The Morgan fingerprint density at radius 3 is 2.88 bits per heavy atom. The molecule has 12 heteroatoms. The molecule has 5 rings (SSSR count). The summed E-state index contributed by atoms with van der Waals surface area (Å²) in [5.74, 6) is -1.08. The number of amides is 4. The number of carbonyl (C=O) groups is 4. The minimum Gasteiger partial charge on any atom is -0.324 e. The standard InChI is InChI=1S/C22H20N8O4/c1-12-7-8-23-20(24-12)16-10-29(28-27-16)11-19(32)25-15-4-2-3-13-14(15)9-30(22(13)34)17-5-6-18(31)26-21(17)33/h2-4,7-8,10,17H,5-6,9,11H2,1H3,(H,25,32)(H,26,31,33). The minimum atomic E-state index is -0.724. The monoisotopic (exact) mass is 460 g/mol. The number of aryl methyl sites for hydroxylation is 1. The van der Waals surface area contributed by atoms with Crippen molar-refractivity contribution in [1.29, 1.82) is 0 Å². The molecule has 0 bridgehead atoms. The van der Waals surface area contributed by atoms with Crippen molar-refractivity contribution in [2.45, 2.75) is 38.9 Å². The number of imide groups is 1. The number of fused-ring (bicyclic) bond motifs is 1. The lowest BCUT2D eigenvalue weighted by Gasteiger charge is -2.29. The van der Waals surface area contributed by atoms with Gasteiger partial charge in [-0.1, -0.05) is 11.3 Å². The second kappa shape index (κ2) is 8.46. The molecule has 34 heavy (non-hydrogen) atoms. The lowest BCUT2D eigenvalue weighted by atomic mass is 10.0. The van der Waals surface area contributed by atoms with Crippen molar-refractivity contribution in [3.8, 4) is 11.5 Å². The third-order valence-corrected chi connectivity index (χ3v) is 5.72. The molecule has 0 aliphatic carbocycles. The van der Waals surface area contributed by atoms with Crippen molar-refractivity contribution in [2.24, 2.45) is 0 Å². The summed E-state index contributed by atoms with van der Waals surface area (Å²) in [6.45, 7) is 1.90. The molecular formula is C22H20N8O4. The molecule has 12 nitrogen and oxygen atoms in total. The molecular weight excluding hydrogens is 440 g/mol. The highest BCUT2D eigenvalue weighted by atomic mass is 16.2. The number of rotatable bonds is 5. The third-order valence-electron chi connectivity index (χ3n) is 5.72. The van der Waals surface area contributed by atoms with E-state index in [9.17, 15) is 19.2 Å². The summed E-state index contributed by atoms with van der Waals surface area (Å²) in [6, 6.07) is 6.07. The average molecular weight is 460 g/mol. The van der Waals surface area contributed by atoms with Crippen LogP contribution in [0.25, 0.3) is 11.5 Å². The number of hydrogen-bond acceptors (Lipinski definition) is 8. The fourth-order valence-corrected chi connectivity index (χ4v) is 4.09. The van der Waals surface area contributed by atoms with E-state index in [-0.39, 0.29) is 43.7 Å². The Morgan fingerprint density at radius 1 is 1.24 bits per heavy atom. The van der Waals surface area contributed by atoms with Crippen LogP contribution < -0.4 is 10.6 Å². The number of nitrogens with one attached hydrogen (secondary N) is 2. The van der Waals surface area contributed by atoms with Gasteiger partial charge in [0, 0.05) is 41.7 Å². The van der Waals surface area contributed by atoms with Crippen LogP contribution in [0.15, 0.2) is 36.7 Å². The fraction of sp³-hybridized carbons (Fsp3) is 0.273. The molecule has 2 N–H and O–H groups in total. The van der Waals surface area contributed by atoms with Crippen LogP contribution in [0.5, 0.6) is 0 Å². The highest BCUT2D eigenvalue weighted by Crippen LogP contribution is 2.32. The molecule has 4 amide bonds. The Labute approximate surface area is 193 Å². The van der Waals surface area contributed by atoms with Crippen LogP contribution in [0, 0.1) is 6.92 Å². The van der Waals surface area contributed by atoms with E-state index >= 15 is 0 Å². The van der Waals surface area contributed by atoms with E-state index < -0.39 is 11.9 Å². The van der Waals surface area contributed by atoms with Crippen LogP contribution >= 0.6 is 0 Å². The van der Waals surface area contributed by atoms with Gasteiger partial charge in [-0.05, 0) is 31.5 Å². The SMILES string of the molecule is Cc1ccnc(-c2cn(CC(=O)Nc3cccc4c3CN(C3CCC(=O)NC3=O)C4=O)nn2)n1. The highest BCUT2D eigenvalue weighted by molar-refractivity contribution is 6.06. The zero-order chi connectivity index (χ0) is 23.8. The van der Waals surface area contributed by atoms with E-state index in [4.69, 9.17) is 0 Å². The van der Waals surface area contributed by atoms with Crippen LogP contribution in [0.4, 0.5) is 5.69 Å². The van der Waals surface area contributed by atoms with Gasteiger partial charge in [-0.2, -0.15) is 0 Å². The number of anilines is 1. The Hall–Kier alpha value is -4.48.